The summed E-state index contributed by atoms with van der Waals surface area (Å²) in [5.41, 5.74) is 0. The van der Waals surface area contributed by atoms with Crippen LogP contribution >= 0.6 is 0 Å². The summed E-state index contributed by atoms with van der Waals surface area (Å²) in [7, 11) is 3.13. The summed E-state index contributed by atoms with van der Waals surface area (Å²) in [6, 6.07) is 0.839. The molecule has 0 spiro atoms. The SMILES string of the molecule is COCC(C)NC1CCN(C(=O)OC)CC1. The van der Waals surface area contributed by atoms with Crippen molar-refractivity contribution in [2.75, 3.05) is 33.9 Å². The minimum absolute atomic E-state index is 0.219. The quantitative estimate of drug-likeness (QED) is 0.777. The Labute approximate surface area is 97.1 Å². The number of rotatable bonds is 4. The molecule has 1 fully saturated rings. The van der Waals surface area contributed by atoms with Gasteiger partial charge in [-0.05, 0) is 19.8 Å². The lowest BCUT2D eigenvalue weighted by molar-refractivity contribution is 0.105. The first-order valence-corrected chi connectivity index (χ1v) is 5.75. The number of likely N-dealkylation sites (tertiary alicyclic amines) is 1. The number of ether oxygens (including phenoxy) is 2. The summed E-state index contributed by atoms with van der Waals surface area (Å²) in [6.07, 6.45) is 1.73. The van der Waals surface area contributed by atoms with Crippen molar-refractivity contribution in [3.05, 3.63) is 0 Å². The number of carbonyl (C=O) groups is 1. The van der Waals surface area contributed by atoms with Crippen LogP contribution in [-0.4, -0.2) is 57.0 Å². The first kappa shape index (κ1) is 13.3. The van der Waals surface area contributed by atoms with E-state index in [1.165, 1.54) is 7.11 Å². The average molecular weight is 230 g/mol. The van der Waals surface area contributed by atoms with Crippen LogP contribution in [-0.2, 0) is 9.47 Å². The molecule has 1 aliphatic rings. The number of carbonyl (C=O) groups excluding carboxylic acids is 1. The highest BCUT2D eigenvalue weighted by Gasteiger charge is 2.23. The summed E-state index contributed by atoms with van der Waals surface area (Å²) in [5, 5.41) is 3.49. The molecule has 1 atom stereocenters. The Kier molecular flexibility index (Phi) is 5.55. The standard InChI is InChI=1S/C11H22N2O3/c1-9(8-15-2)12-10-4-6-13(7-5-10)11(14)16-3/h9-10,12H,4-8H2,1-3H3. The highest BCUT2D eigenvalue weighted by atomic mass is 16.5. The molecule has 1 heterocycles. The van der Waals surface area contributed by atoms with Gasteiger partial charge in [0.25, 0.3) is 0 Å². The molecule has 1 aliphatic heterocycles. The number of hydrogen-bond donors (Lipinski definition) is 1. The van der Waals surface area contributed by atoms with Crippen molar-refractivity contribution >= 4 is 6.09 Å². The van der Waals surface area contributed by atoms with Crippen LogP contribution in [0.1, 0.15) is 19.8 Å². The minimum atomic E-state index is -0.219. The van der Waals surface area contributed by atoms with E-state index in [2.05, 4.69) is 12.2 Å². The number of nitrogens with one attached hydrogen (secondary N) is 1. The van der Waals surface area contributed by atoms with E-state index < -0.39 is 0 Å². The molecule has 5 nitrogen and oxygen atoms in total. The van der Waals surface area contributed by atoms with Gasteiger partial charge >= 0.3 is 6.09 Å². The van der Waals surface area contributed by atoms with Crippen LogP contribution in [0.5, 0.6) is 0 Å². The summed E-state index contributed by atoms with van der Waals surface area (Å²) in [6.45, 7) is 4.36. The first-order chi connectivity index (χ1) is 7.67. The van der Waals surface area contributed by atoms with Gasteiger partial charge in [-0.25, -0.2) is 4.79 Å². The van der Waals surface area contributed by atoms with Gasteiger partial charge in [0.2, 0.25) is 0 Å². The number of hydrogen-bond acceptors (Lipinski definition) is 4. The molecule has 1 unspecified atom stereocenters. The Balaban J connectivity index is 2.24. The fourth-order valence-electron chi connectivity index (χ4n) is 2.06. The van der Waals surface area contributed by atoms with Gasteiger partial charge in [0.05, 0.1) is 13.7 Å². The maximum absolute atomic E-state index is 11.3. The average Bonchev–Trinajstić information content (AvgIpc) is 2.29. The molecule has 0 aromatic heterocycles. The molecule has 16 heavy (non-hydrogen) atoms. The molecule has 5 heteroatoms. The third-order valence-corrected chi connectivity index (χ3v) is 2.86. The zero-order valence-corrected chi connectivity index (χ0v) is 10.4. The fourth-order valence-corrected chi connectivity index (χ4v) is 2.06. The Morgan fingerprint density at radius 3 is 2.56 bits per heavy atom. The van der Waals surface area contributed by atoms with Crippen molar-refractivity contribution in [2.24, 2.45) is 0 Å². The summed E-state index contributed by atoms with van der Waals surface area (Å²) >= 11 is 0. The Hall–Kier alpha value is -0.810. The number of piperidine rings is 1. The van der Waals surface area contributed by atoms with Crippen LogP contribution in [0.4, 0.5) is 4.79 Å². The van der Waals surface area contributed by atoms with Crippen molar-refractivity contribution < 1.29 is 14.3 Å². The molecule has 0 saturated carbocycles. The molecule has 0 bridgehead atoms. The predicted octanol–water partition coefficient (Wildman–Crippen LogP) is 0.842. The highest BCUT2D eigenvalue weighted by Crippen LogP contribution is 2.11. The molecule has 0 aromatic rings. The van der Waals surface area contributed by atoms with E-state index in [0.717, 1.165) is 32.5 Å². The Morgan fingerprint density at radius 2 is 2.06 bits per heavy atom. The second kappa shape index (κ2) is 6.70. The monoisotopic (exact) mass is 230 g/mol. The van der Waals surface area contributed by atoms with Gasteiger partial charge in [-0.2, -0.15) is 0 Å². The minimum Gasteiger partial charge on any atom is -0.453 e. The Morgan fingerprint density at radius 1 is 1.44 bits per heavy atom. The molecule has 1 rings (SSSR count). The highest BCUT2D eigenvalue weighted by molar-refractivity contribution is 5.67. The van der Waals surface area contributed by atoms with E-state index in [1.807, 2.05) is 0 Å². The largest absolute Gasteiger partial charge is 0.453 e. The molecule has 0 aliphatic carbocycles. The topological polar surface area (TPSA) is 50.8 Å². The third kappa shape index (κ3) is 3.98. The lowest BCUT2D eigenvalue weighted by atomic mass is 10.0. The number of nitrogens with zero attached hydrogens (tertiary/aromatic N) is 1. The molecule has 1 amide bonds. The van der Waals surface area contributed by atoms with Crippen LogP contribution < -0.4 is 5.32 Å². The number of methoxy groups -OCH3 is 2. The van der Waals surface area contributed by atoms with Crippen LogP contribution in [0.25, 0.3) is 0 Å². The van der Waals surface area contributed by atoms with E-state index in [1.54, 1.807) is 12.0 Å². The van der Waals surface area contributed by atoms with Crippen LogP contribution in [0.3, 0.4) is 0 Å². The third-order valence-electron chi connectivity index (χ3n) is 2.86. The van der Waals surface area contributed by atoms with Crippen molar-refractivity contribution in [3.8, 4) is 0 Å². The fraction of sp³-hybridized carbons (Fsp3) is 0.909. The predicted molar refractivity (Wildman–Crippen MR) is 61.5 cm³/mol. The summed E-state index contributed by atoms with van der Waals surface area (Å²) in [5.74, 6) is 0. The van der Waals surface area contributed by atoms with Crippen LogP contribution in [0.15, 0.2) is 0 Å². The Bertz CT molecular complexity index is 215. The molecular weight excluding hydrogens is 208 g/mol. The molecular formula is C11H22N2O3. The van der Waals surface area contributed by atoms with Gasteiger partial charge < -0.3 is 19.7 Å². The summed E-state index contributed by atoms with van der Waals surface area (Å²) in [4.78, 5) is 13.0. The molecule has 94 valence electrons. The van der Waals surface area contributed by atoms with E-state index in [9.17, 15) is 4.79 Å². The van der Waals surface area contributed by atoms with Crippen molar-refractivity contribution in [1.82, 2.24) is 10.2 Å². The molecule has 1 N–H and O–H groups in total. The smallest absolute Gasteiger partial charge is 0.409 e. The second-order valence-electron chi connectivity index (χ2n) is 4.25. The lowest BCUT2D eigenvalue weighted by Gasteiger charge is -2.32. The van der Waals surface area contributed by atoms with Crippen molar-refractivity contribution in [1.29, 1.82) is 0 Å². The van der Waals surface area contributed by atoms with Gasteiger partial charge in [-0.15, -0.1) is 0 Å². The van der Waals surface area contributed by atoms with E-state index in [0.29, 0.717) is 12.1 Å². The zero-order chi connectivity index (χ0) is 12.0. The second-order valence-corrected chi connectivity index (χ2v) is 4.25. The van der Waals surface area contributed by atoms with E-state index in [4.69, 9.17) is 9.47 Å². The zero-order valence-electron chi connectivity index (χ0n) is 10.4. The van der Waals surface area contributed by atoms with E-state index >= 15 is 0 Å². The maximum atomic E-state index is 11.3. The summed E-state index contributed by atoms with van der Waals surface area (Å²) < 4.78 is 9.77. The molecule has 0 aromatic carbocycles. The van der Waals surface area contributed by atoms with E-state index in [-0.39, 0.29) is 6.09 Å². The van der Waals surface area contributed by atoms with Gasteiger partial charge in [0, 0.05) is 32.3 Å². The van der Waals surface area contributed by atoms with Crippen molar-refractivity contribution in [3.63, 3.8) is 0 Å². The van der Waals surface area contributed by atoms with Crippen LogP contribution in [0, 0.1) is 0 Å². The number of amides is 1. The lowest BCUT2D eigenvalue weighted by Crippen LogP contribution is -2.48. The van der Waals surface area contributed by atoms with Crippen LogP contribution in [0.2, 0.25) is 0 Å². The molecule has 0 radical (unpaired) electrons. The van der Waals surface area contributed by atoms with Gasteiger partial charge in [0.1, 0.15) is 0 Å². The first-order valence-electron chi connectivity index (χ1n) is 5.75. The maximum Gasteiger partial charge on any atom is 0.409 e. The normalized spacial score (nSPS) is 19.6. The van der Waals surface area contributed by atoms with Gasteiger partial charge in [-0.1, -0.05) is 0 Å². The van der Waals surface area contributed by atoms with Gasteiger partial charge in [0.15, 0.2) is 0 Å². The van der Waals surface area contributed by atoms with Gasteiger partial charge in [-0.3, -0.25) is 0 Å². The molecule has 1 saturated heterocycles. The van der Waals surface area contributed by atoms with Crippen molar-refractivity contribution in [2.45, 2.75) is 31.8 Å².